The standard InChI is InChI=1S/C40H34N4O7.Ni/c1-50-29-18-12-17-28(23-29)31(24-35(45)44-34(25-51-40(44)49)26-13-4-2-5-14-26)37(39(47)48)43-36(27-15-6-3-7-16-27)30-19-8-9-20-32(30)42-38(46)33-21-10-11-22-41-33;/h2-23,31,34,37H,24-25H2,1H3,(H2,42,43,46,47,48);/p-1/t31-,34+,37-;/m1./s1. The van der Waals surface area contributed by atoms with E-state index >= 15 is 0 Å². The third kappa shape index (κ3) is 8.42. The van der Waals surface area contributed by atoms with Crippen LogP contribution in [0.15, 0.2) is 139 Å². The number of pyridine rings is 1. The second-order valence-electron chi connectivity index (χ2n) is 11.6. The minimum atomic E-state index is -1.55. The van der Waals surface area contributed by atoms with Gasteiger partial charge >= 0.3 is 12.1 Å². The zero-order valence-corrected chi connectivity index (χ0v) is 28.8. The summed E-state index contributed by atoms with van der Waals surface area (Å²) < 4.78 is 10.8. The number of nitrogens with zero attached hydrogens (tertiary/aromatic N) is 4. The molecule has 1 aromatic heterocycles. The van der Waals surface area contributed by atoms with Gasteiger partial charge in [0.15, 0.2) is 6.04 Å². The molecule has 1 fully saturated rings. The van der Waals surface area contributed by atoms with Gasteiger partial charge in [0.2, 0.25) is 5.91 Å². The number of ether oxygens (including phenoxy) is 2. The van der Waals surface area contributed by atoms with Crippen molar-refractivity contribution < 1.29 is 50.2 Å². The van der Waals surface area contributed by atoms with E-state index in [2.05, 4.69) is 10.3 Å². The molecule has 1 aliphatic rings. The molecular formula is C40H33N4NiO7-. The Bertz CT molecular complexity index is 2060. The smallest absolute Gasteiger partial charge is 0.417 e. The van der Waals surface area contributed by atoms with Crippen LogP contribution >= 0.6 is 0 Å². The molecule has 0 saturated carbocycles. The monoisotopic (exact) mass is 739 g/mol. The van der Waals surface area contributed by atoms with E-state index in [0.717, 1.165) is 4.90 Å². The summed E-state index contributed by atoms with van der Waals surface area (Å²) in [5, 5.41) is 15.2. The quantitative estimate of drug-likeness (QED) is 0.105. The molecule has 0 spiro atoms. The number of aliphatic imine (C=N–C) groups is 1. The number of aliphatic carboxylic acids is 1. The van der Waals surface area contributed by atoms with E-state index in [0.29, 0.717) is 28.0 Å². The molecule has 266 valence electrons. The molecule has 0 aliphatic carbocycles. The molecule has 0 radical (unpaired) electrons. The van der Waals surface area contributed by atoms with Crippen molar-refractivity contribution >= 4 is 35.3 Å². The fourth-order valence-corrected chi connectivity index (χ4v) is 5.97. The minimum absolute atomic E-state index is 0. The van der Waals surface area contributed by atoms with Crippen LogP contribution in [0.25, 0.3) is 5.32 Å². The minimum Gasteiger partial charge on any atom is -0.621 e. The number of imide groups is 1. The van der Waals surface area contributed by atoms with Gasteiger partial charge in [-0.25, -0.2) is 14.5 Å². The molecule has 3 atom stereocenters. The van der Waals surface area contributed by atoms with Gasteiger partial charge in [-0.15, -0.1) is 5.69 Å². The maximum absolute atomic E-state index is 14.1. The second kappa shape index (κ2) is 17.2. The molecule has 1 saturated heterocycles. The van der Waals surface area contributed by atoms with Crippen molar-refractivity contribution in [3.8, 4) is 5.75 Å². The van der Waals surface area contributed by atoms with E-state index < -0.39 is 48.3 Å². The molecule has 5 aromatic rings. The summed E-state index contributed by atoms with van der Waals surface area (Å²) in [4.78, 5) is 63.6. The van der Waals surface area contributed by atoms with Crippen LogP contribution in [0.4, 0.5) is 10.5 Å². The van der Waals surface area contributed by atoms with Crippen LogP contribution in [-0.2, 0) is 30.8 Å². The number of hydrogen-bond donors (Lipinski definition) is 1. The van der Waals surface area contributed by atoms with E-state index in [-0.39, 0.29) is 40.2 Å². The van der Waals surface area contributed by atoms with Gasteiger partial charge in [0, 0.05) is 40.6 Å². The van der Waals surface area contributed by atoms with Crippen LogP contribution in [0, 0.1) is 0 Å². The number of hydrogen-bond acceptors (Lipinski definition) is 8. The number of carbonyl (C=O) groups excluding carboxylic acids is 3. The number of rotatable bonds is 12. The predicted molar refractivity (Wildman–Crippen MR) is 189 cm³/mol. The Hall–Kier alpha value is -6.13. The second-order valence-corrected chi connectivity index (χ2v) is 11.6. The van der Waals surface area contributed by atoms with Crippen LogP contribution in [0.5, 0.6) is 5.75 Å². The summed E-state index contributed by atoms with van der Waals surface area (Å²) in [5.41, 5.74) is 2.73. The fraction of sp³-hybridized carbons (Fsp3) is 0.150. The van der Waals surface area contributed by atoms with Gasteiger partial charge in [-0.05, 0) is 41.0 Å². The number of carboxylic acid groups (broad SMARTS) is 1. The van der Waals surface area contributed by atoms with Crippen LogP contribution in [0.1, 0.15) is 51.1 Å². The third-order valence-corrected chi connectivity index (χ3v) is 8.46. The predicted octanol–water partition coefficient (Wildman–Crippen LogP) is 7.12. The maximum Gasteiger partial charge on any atom is 0.417 e. The molecule has 1 aliphatic heterocycles. The number of para-hydroxylation sites is 1. The first-order valence-electron chi connectivity index (χ1n) is 16.1. The average Bonchev–Trinajstić information content (AvgIpc) is 3.57. The Morgan fingerprint density at radius 2 is 1.62 bits per heavy atom. The van der Waals surface area contributed by atoms with E-state index in [1.165, 1.54) is 13.3 Å². The first-order valence-corrected chi connectivity index (χ1v) is 16.1. The Morgan fingerprint density at radius 3 is 2.31 bits per heavy atom. The fourth-order valence-electron chi connectivity index (χ4n) is 5.97. The summed E-state index contributed by atoms with van der Waals surface area (Å²) in [7, 11) is 1.48. The van der Waals surface area contributed by atoms with Crippen molar-refractivity contribution in [3.63, 3.8) is 0 Å². The molecule has 6 rings (SSSR count). The number of carbonyl (C=O) groups is 4. The van der Waals surface area contributed by atoms with Gasteiger partial charge in [-0.1, -0.05) is 103 Å². The largest absolute Gasteiger partial charge is 0.621 e. The van der Waals surface area contributed by atoms with Gasteiger partial charge in [0.05, 0.1) is 18.5 Å². The van der Waals surface area contributed by atoms with Crippen LogP contribution in [0.2, 0.25) is 0 Å². The normalized spacial score (nSPS) is 15.1. The zero-order chi connectivity index (χ0) is 35.7. The zero-order valence-electron chi connectivity index (χ0n) is 27.8. The maximum atomic E-state index is 14.1. The van der Waals surface area contributed by atoms with E-state index in [1.807, 2.05) is 12.1 Å². The van der Waals surface area contributed by atoms with Crippen molar-refractivity contribution in [2.45, 2.75) is 24.4 Å². The summed E-state index contributed by atoms with van der Waals surface area (Å²) in [6.07, 6.45) is 0.275. The summed E-state index contributed by atoms with van der Waals surface area (Å²) in [6.45, 7) is -0.0331. The van der Waals surface area contributed by atoms with E-state index in [9.17, 15) is 24.3 Å². The SMILES string of the molecule is COc1cccc([C@@H](CC(=O)N2C(=O)OC[C@H]2c2ccccc2)[C@@H](N=C(c2ccccc2)c2ccccc2[N-]C(=O)c2ccccn2)C(=O)O)c1.[Ni]. The van der Waals surface area contributed by atoms with Gasteiger partial charge in [0.1, 0.15) is 24.3 Å². The molecule has 0 bridgehead atoms. The first kappa shape index (κ1) is 37.1. The van der Waals surface area contributed by atoms with Crippen LogP contribution in [-0.4, -0.2) is 64.3 Å². The molecule has 2 heterocycles. The van der Waals surface area contributed by atoms with Crippen molar-refractivity contribution in [3.05, 3.63) is 167 Å². The number of benzene rings is 4. The molecule has 0 unspecified atom stereocenters. The van der Waals surface area contributed by atoms with Gasteiger partial charge in [-0.2, -0.15) is 0 Å². The number of cyclic esters (lactones) is 1. The average molecular weight is 740 g/mol. The van der Waals surface area contributed by atoms with Crippen molar-refractivity contribution in [1.82, 2.24) is 9.88 Å². The summed E-state index contributed by atoms with van der Waals surface area (Å²) in [5.74, 6) is -3.16. The molecule has 11 nitrogen and oxygen atoms in total. The molecule has 4 aromatic carbocycles. The van der Waals surface area contributed by atoms with Crippen LogP contribution < -0.4 is 4.74 Å². The van der Waals surface area contributed by atoms with E-state index in [1.54, 1.807) is 115 Å². The van der Waals surface area contributed by atoms with Gasteiger partial charge in [-0.3, -0.25) is 14.8 Å². The summed E-state index contributed by atoms with van der Waals surface area (Å²) in [6, 6.07) is 34.1. The van der Waals surface area contributed by atoms with Crippen LogP contribution in [0.3, 0.4) is 0 Å². The molecule has 3 amide bonds. The van der Waals surface area contributed by atoms with Crippen molar-refractivity contribution in [1.29, 1.82) is 0 Å². The Kier molecular flexibility index (Phi) is 12.3. The Labute approximate surface area is 310 Å². The van der Waals surface area contributed by atoms with Crippen molar-refractivity contribution in [2.75, 3.05) is 13.7 Å². The summed E-state index contributed by atoms with van der Waals surface area (Å²) >= 11 is 0. The Morgan fingerprint density at radius 1 is 0.923 bits per heavy atom. The van der Waals surface area contributed by atoms with Crippen molar-refractivity contribution in [2.24, 2.45) is 4.99 Å². The molecular weight excluding hydrogens is 707 g/mol. The van der Waals surface area contributed by atoms with Gasteiger partial charge < -0.3 is 24.7 Å². The number of carboxylic acids is 1. The molecule has 12 heteroatoms. The molecule has 52 heavy (non-hydrogen) atoms. The Balaban J connectivity index is 0.00000523. The first-order chi connectivity index (χ1) is 24.8. The molecule has 1 N–H and O–H groups in total. The number of aromatic nitrogens is 1. The number of amides is 3. The third-order valence-electron chi connectivity index (χ3n) is 8.46. The number of methoxy groups -OCH3 is 1. The topological polar surface area (TPSA) is 150 Å². The van der Waals surface area contributed by atoms with E-state index in [4.69, 9.17) is 14.5 Å². The van der Waals surface area contributed by atoms with Gasteiger partial charge in [0.25, 0.3) is 0 Å².